The number of nitrogens with two attached hydrogens (primary N) is 1. The fourth-order valence-corrected chi connectivity index (χ4v) is 2.53. The third-order valence-electron chi connectivity index (χ3n) is 3.58. The maximum Gasteiger partial charge on any atom is 0.293 e. The van der Waals surface area contributed by atoms with Gasteiger partial charge in [-0.3, -0.25) is 20.9 Å². The average molecular weight is 289 g/mol. The molecule has 0 fully saturated rings. The Morgan fingerprint density at radius 3 is 3.05 bits per heavy atom. The summed E-state index contributed by atoms with van der Waals surface area (Å²) in [6.45, 7) is 2.86. The van der Waals surface area contributed by atoms with E-state index in [1.165, 1.54) is 6.07 Å². The van der Waals surface area contributed by atoms with Crippen LogP contribution in [0.1, 0.15) is 11.4 Å². The van der Waals surface area contributed by atoms with E-state index in [2.05, 4.69) is 20.5 Å². The highest BCUT2D eigenvalue weighted by Gasteiger charge is 2.21. The van der Waals surface area contributed by atoms with Crippen LogP contribution in [0.15, 0.2) is 24.5 Å². The maximum absolute atomic E-state index is 11.0. The number of fused-ring (bicyclic) bond motifs is 1. The quantitative estimate of drug-likeness (QED) is 0.478. The zero-order valence-electron chi connectivity index (χ0n) is 11.3. The summed E-state index contributed by atoms with van der Waals surface area (Å²) in [6, 6.07) is 4.94. The first-order chi connectivity index (χ1) is 10.2. The molecule has 0 unspecified atom stereocenters. The molecule has 9 heteroatoms. The summed E-state index contributed by atoms with van der Waals surface area (Å²) in [5.74, 6) is 6.35. The summed E-state index contributed by atoms with van der Waals surface area (Å²) < 4.78 is 2.01. The first kappa shape index (κ1) is 13.5. The fraction of sp³-hybridized carbons (Fsp3) is 0.333. The molecule has 3 N–H and O–H groups in total. The third kappa shape index (κ3) is 2.56. The number of nitro groups is 1. The van der Waals surface area contributed by atoms with Gasteiger partial charge in [-0.1, -0.05) is 12.1 Å². The van der Waals surface area contributed by atoms with Crippen LogP contribution in [0.25, 0.3) is 0 Å². The van der Waals surface area contributed by atoms with Crippen LogP contribution in [0.2, 0.25) is 0 Å². The molecule has 1 aliphatic heterocycles. The van der Waals surface area contributed by atoms with Crippen LogP contribution in [0.3, 0.4) is 0 Å². The first-order valence-electron chi connectivity index (χ1n) is 6.51. The number of hydrogen-bond acceptors (Lipinski definition) is 7. The molecule has 0 saturated carbocycles. The second kappa shape index (κ2) is 5.46. The van der Waals surface area contributed by atoms with Crippen LogP contribution in [-0.4, -0.2) is 31.1 Å². The van der Waals surface area contributed by atoms with Crippen LogP contribution in [0.4, 0.5) is 11.4 Å². The van der Waals surface area contributed by atoms with Crippen molar-refractivity contribution in [2.75, 3.05) is 12.0 Å². The van der Waals surface area contributed by atoms with Gasteiger partial charge >= 0.3 is 0 Å². The van der Waals surface area contributed by atoms with Crippen molar-refractivity contribution >= 4 is 11.4 Å². The van der Waals surface area contributed by atoms with Crippen molar-refractivity contribution in [1.29, 1.82) is 0 Å². The van der Waals surface area contributed by atoms with Gasteiger partial charge in [-0.2, -0.15) is 0 Å². The van der Waals surface area contributed by atoms with Crippen LogP contribution >= 0.6 is 0 Å². The number of nitrogens with zero attached hydrogens (tertiary/aromatic N) is 5. The molecule has 1 aromatic carbocycles. The van der Waals surface area contributed by atoms with Crippen molar-refractivity contribution in [3.05, 3.63) is 46.0 Å². The number of hydrogen-bond donors (Lipinski definition) is 2. The van der Waals surface area contributed by atoms with Crippen LogP contribution in [0, 0.1) is 10.1 Å². The number of benzene rings is 1. The highest BCUT2D eigenvalue weighted by molar-refractivity contribution is 5.65. The lowest BCUT2D eigenvalue weighted by Crippen LogP contribution is -2.33. The molecule has 21 heavy (non-hydrogen) atoms. The standard InChI is InChI=1S/C12H15N7O2/c13-15-12-9(2-1-3-10(12)19(20)21)6-17-4-5-18-8-14-16-11(18)7-17/h1-3,8,15H,4-7,13H2. The Labute approximate surface area is 120 Å². The lowest BCUT2D eigenvalue weighted by Gasteiger charge is -2.27. The van der Waals surface area contributed by atoms with E-state index in [4.69, 9.17) is 5.84 Å². The molecule has 0 amide bonds. The predicted molar refractivity (Wildman–Crippen MR) is 75.0 cm³/mol. The number of aromatic nitrogens is 3. The molecule has 0 atom stereocenters. The largest absolute Gasteiger partial charge is 0.318 e. The van der Waals surface area contributed by atoms with E-state index >= 15 is 0 Å². The fourth-order valence-electron chi connectivity index (χ4n) is 2.53. The number of rotatable bonds is 4. The minimum Gasteiger partial charge on any atom is -0.318 e. The van der Waals surface area contributed by atoms with Crippen LogP contribution < -0.4 is 11.3 Å². The number of hydrazine groups is 1. The maximum atomic E-state index is 11.0. The normalized spacial score (nSPS) is 14.7. The summed E-state index contributed by atoms with van der Waals surface area (Å²) in [6.07, 6.45) is 1.72. The minimum atomic E-state index is -0.439. The first-order valence-corrected chi connectivity index (χ1v) is 6.51. The van der Waals surface area contributed by atoms with E-state index in [9.17, 15) is 10.1 Å². The van der Waals surface area contributed by atoms with Gasteiger partial charge in [0.25, 0.3) is 5.69 Å². The Morgan fingerprint density at radius 2 is 2.29 bits per heavy atom. The van der Waals surface area contributed by atoms with Gasteiger partial charge in [0.15, 0.2) is 0 Å². The summed E-state index contributed by atoms with van der Waals surface area (Å²) in [5, 5.41) is 19.0. The predicted octanol–water partition coefficient (Wildman–Crippen LogP) is 0.488. The topological polar surface area (TPSA) is 115 Å². The van der Waals surface area contributed by atoms with E-state index in [1.807, 2.05) is 10.6 Å². The molecule has 110 valence electrons. The molecule has 1 aromatic heterocycles. The molecule has 0 saturated heterocycles. The lowest BCUT2D eigenvalue weighted by atomic mass is 10.1. The number of anilines is 1. The van der Waals surface area contributed by atoms with Crippen molar-refractivity contribution in [1.82, 2.24) is 19.7 Å². The van der Waals surface area contributed by atoms with Gasteiger partial charge in [0.1, 0.15) is 17.8 Å². The van der Waals surface area contributed by atoms with E-state index in [1.54, 1.807) is 12.4 Å². The molecule has 0 bridgehead atoms. The van der Waals surface area contributed by atoms with E-state index in [-0.39, 0.29) is 5.69 Å². The number of para-hydroxylation sites is 1. The molecule has 0 radical (unpaired) electrons. The molecule has 0 spiro atoms. The second-order valence-corrected chi connectivity index (χ2v) is 4.86. The molecular weight excluding hydrogens is 274 g/mol. The average Bonchev–Trinajstić information content (AvgIpc) is 2.94. The van der Waals surface area contributed by atoms with Crippen LogP contribution in [-0.2, 0) is 19.6 Å². The highest BCUT2D eigenvalue weighted by Crippen LogP contribution is 2.28. The summed E-state index contributed by atoms with van der Waals surface area (Å²) in [7, 11) is 0. The molecule has 9 nitrogen and oxygen atoms in total. The molecule has 2 aromatic rings. The Kier molecular flexibility index (Phi) is 3.50. The number of nitrogen functional groups attached to an aromatic ring is 1. The van der Waals surface area contributed by atoms with E-state index in [0.717, 1.165) is 24.5 Å². The smallest absolute Gasteiger partial charge is 0.293 e. The van der Waals surface area contributed by atoms with Crippen molar-refractivity contribution in [2.45, 2.75) is 19.6 Å². The van der Waals surface area contributed by atoms with Gasteiger partial charge in [0.05, 0.1) is 11.5 Å². The Balaban J connectivity index is 1.83. The van der Waals surface area contributed by atoms with Crippen LogP contribution in [0.5, 0.6) is 0 Å². The zero-order valence-corrected chi connectivity index (χ0v) is 11.3. The Hall–Kier alpha value is -2.52. The van der Waals surface area contributed by atoms with E-state index < -0.39 is 4.92 Å². The molecule has 0 aliphatic carbocycles. The molecule has 1 aliphatic rings. The highest BCUT2D eigenvalue weighted by atomic mass is 16.6. The Morgan fingerprint density at radius 1 is 1.43 bits per heavy atom. The van der Waals surface area contributed by atoms with Gasteiger partial charge in [0.2, 0.25) is 0 Å². The van der Waals surface area contributed by atoms with Crippen molar-refractivity contribution < 1.29 is 4.92 Å². The monoisotopic (exact) mass is 289 g/mol. The zero-order chi connectivity index (χ0) is 14.8. The van der Waals surface area contributed by atoms with Crippen molar-refractivity contribution in [2.24, 2.45) is 5.84 Å². The van der Waals surface area contributed by atoms with Crippen molar-refractivity contribution in [3.8, 4) is 0 Å². The molecular formula is C12H15N7O2. The number of nitrogens with one attached hydrogen (secondary N) is 1. The summed E-state index contributed by atoms with van der Waals surface area (Å²) >= 11 is 0. The second-order valence-electron chi connectivity index (χ2n) is 4.86. The van der Waals surface area contributed by atoms with Crippen molar-refractivity contribution in [3.63, 3.8) is 0 Å². The molecule has 3 rings (SSSR count). The van der Waals surface area contributed by atoms with Gasteiger partial charge in [-0.05, 0) is 5.56 Å². The van der Waals surface area contributed by atoms with E-state index in [0.29, 0.717) is 18.8 Å². The summed E-state index contributed by atoms with van der Waals surface area (Å²) in [5.41, 5.74) is 3.58. The van der Waals surface area contributed by atoms with Gasteiger partial charge < -0.3 is 9.99 Å². The third-order valence-corrected chi connectivity index (χ3v) is 3.58. The SMILES string of the molecule is NNc1c(CN2CCn3cnnc3C2)cccc1[N+](=O)[O-]. The van der Waals surface area contributed by atoms with Gasteiger partial charge in [-0.15, -0.1) is 10.2 Å². The Bertz CT molecular complexity index is 669. The lowest BCUT2D eigenvalue weighted by molar-refractivity contribution is -0.384. The van der Waals surface area contributed by atoms with Gasteiger partial charge in [-0.25, -0.2) is 0 Å². The van der Waals surface area contributed by atoms with Gasteiger partial charge in [0, 0.05) is 25.7 Å². The molecule has 2 heterocycles. The minimum absolute atomic E-state index is 0.0184. The number of nitro benzene ring substituents is 1. The summed E-state index contributed by atoms with van der Waals surface area (Å²) in [4.78, 5) is 12.7.